The van der Waals surface area contributed by atoms with Crippen LogP contribution in [0.2, 0.25) is 0 Å². The van der Waals surface area contributed by atoms with Crippen LogP contribution in [0.25, 0.3) is 60.1 Å². The Bertz CT molecular complexity index is 1790. The molecule has 7 rings (SSSR count). The average molecular weight is 395 g/mol. The van der Waals surface area contributed by atoms with Crippen molar-refractivity contribution in [1.29, 1.82) is 0 Å². The standard InChI is InChI=1S/C28H17N3/c1-3-7-21-18(5-1)10-14-26-27(21)23-12-9-19-6-2-4-8-22(19)28(23)31(26)20-11-13-24-25(17-20)30-16-15-29-24/h1-17H. The number of hydrogen-bond donors (Lipinski definition) is 0. The summed E-state index contributed by atoms with van der Waals surface area (Å²) in [4.78, 5) is 9.00. The van der Waals surface area contributed by atoms with Crippen molar-refractivity contribution in [2.45, 2.75) is 0 Å². The first-order valence-electron chi connectivity index (χ1n) is 10.4. The molecule has 3 heteroatoms. The molecule has 0 amide bonds. The largest absolute Gasteiger partial charge is 0.309 e. The quantitative estimate of drug-likeness (QED) is 0.299. The molecule has 0 spiro atoms. The molecule has 0 unspecified atom stereocenters. The lowest BCUT2D eigenvalue weighted by Crippen LogP contribution is -1.95. The second kappa shape index (κ2) is 6.13. The Hall–Kier alpha value is -4.24. The average Bonchev–Trinajstić information content (AvgIpc) is 3.19. The van der Waals surface area contributed by atoms with Crippen LogP contribution in [0.1, 0.15) is 0 Å². The van der Waals surface area contributed by atoms with Crippen molar-refractivity contribution in [2.75, 3.05) is 0 Å². The molecule has 0 aliphatic carbocycles. The Morgan fingerprint density at radius 2 is 1.26 bits per heavy atom. The molecule has 0 bridgehead atoms. The fourth-order valence-corrected chi connectivity index (χ4v) is 4.91. The lowest BCUT2D eigenvalue weighted by molar-refractivity contribution is 1.18. The lowest BCUT2D eigenvalue weighted by Gasteiger charge is -2.10. The van der Waals surface area contributed by atoms with Crippen LogP contribution in [-0.2, 0) is 0 Å². The number of benzene rings is 5. The third-order valence-electron chi connectivity index (χ3n) is 6.25. The molecule has 0 atom stereocenters. The lowest BCUT2D eigenvalue weighted by atomic mass is 10.0. The van der Waals surface area contributed by atoms with Crippen LogP contribution in [-0.4, -0.2) is 14.5 Å². The fraction of sp³-hybridized carbons (Fsp3) is 0. The first kappa shape index (κ1) is 16.5. The minimum atomic E-state index is 0.899. The molecule has 0 N–H and O–H groups in total. The minimum Gasteiger partial charge on any atom is -0.309 e. The van der Waals surface area contributed by atoms with Gasteiger partial charge in [0.05, 0.1) is 22.1 Å². The summed E-state index contributed by atoms with van der Waals surface area (Å²) in [7, 11) is 0. The van der Waals surface area contributed by atoms with Gasteiger partial charge in [-0.25, -0.2) is 0 Å². The van der Waals surface area contributed by atoms with Crippen molar-refractivity contribution in [3.05, 3.63) is 103 Å². The van der Waals surface area contributed by atoms with Crippen LogP contribution in [0.15, 0.2) is 103 Å². The highest BCUT2D eigenvalue weighted by Crippen LogP contribution is 2.40. The predicted molar refractivity (Wildman–Crippen MR) is 129 cm³/mol. The molecule has 31 heavy (non-hydrogen) atoms. The Morgan fingerprint density at radius 3 is 2.13 bits per heavy atom. The molecule has 0 fully saturated rings. The highest BCUT2D eigenvalue weighted by molar-refractivity contribution is 6.25. The van der Waals surface area contributed by atoms with Crippen molar-refractivity contribution < 1.29 is 0 Å². The molecule has 0 saturated heterocycles. The number of rotatable bonds is 1. The third-order valence-corrected chi connectivity index (χ3v) is 6.25. The number of aromatic nitrogens is 3. The summed E-state index contributed by atoms with van der Waals surface area (Å²) in [5.41, 5.74) is 5.33. The Labute approximate surface area is 178 Å². The van der Waals surface area contributed by atoms with Crippen LogP contribution >= 0.6 is 0 Å². The molecule has 7 aromatic rings. The van der Waals surface area contributed by atoms with Crippen LogP contribution < -0.4 is 0 Å². The summed E-state index contributed by atoms with van der Waals surface area (Å²) in [6, 6.07) is 32.6. The van der Waals surface area contributed by atoms with Crippen molar-refractivity contribution in [3.8, 4) is 5.69 Å². The van der Waals surface area contributed by atoms with E-state index in [0.717, 1.165) is 16.7 Å². The van der Waals surface area contributed by atoms with E-state index in [1.54, 1.807) is 12.4 Å². The van der Waals surface area contributed by atoms with Gasteiger partial charge in [-0.15, -0.1) is 0 Å². The molecule has 0 saturated carbocycles. The van der Waals surface area contributed by atoms with E-state index in [9.17, 15) is 0 Å². The summed E-state index contributed by atoms with van der Waals surface area (Å²) in [6.45, 7) is 0. The van der Waals surface area contributed by atoms with Gasteiger partial charge in [-0.1, -0.05) is 66.7 Å². The van der Waals surface area contributed by atoms with E-state index in [4.69, 9.17) is 0 Å². The second-order valence-corrected chi connectivity index (χ2v) is 7.93. The topological polar surface area (TPSA) is 30.7 Å². The first-order chi connectivity index (χ1) is 15.4. The zero-order valence-electron chi connectivity index (χ0n) is 16.7. The number of hydrogen-bond acceptors (Lipinski definition) is 2. The van der Waals surface area contributed by atoms with Gasteiger partial charge in [-0.3, -0.25) is 9.97 Å². The monoisotopic (exact) mass is 395 g/mol. The van der Waals surface area contributed by atoms with Gasteiger partial charge in [-0.05, 0) is 40.4 Å². The van der Waals surface area contributed by atoms with Gasteiger partial charge >= 0.3 is 0 Å². The third kappa shape index (κ3) is 2.29. The summed E-state index contributed by atoms with van der Waals surface area (Å²) in [5.74, 6) is 0. The van der Waals surface area contributed by atoms with Gasteiger partial charge in [0.15, 0.2) is 0 Å². The molecule has 0 aliphatic rings. The zero-order valence-corrected chi connectivity index (χ0v) is 16.7. The zero-order chi connectivity index (χ0) is 20.4. The Morgan fingerprint density at radius 1 is 0.548 bits per heavy atom. The van der Waals surface area contributed by atoms with E-state index in [0.29, 0.717) is 0 Å². The summed E-state index contributed by atoms with van der Waals surface area (Å²) < 4.78 is 2.38. The summed E-state index contributed by atoms with van der Waals surface area (Å²) >= 11 is 0. The van der Waals surface area contributed by atoms with Gasteiger partial charge in [0.1, 0.15) is 0 Å². The maximum absolute atomic E-state index is 4.55. The van der Waals surface area contributed by atoms with Crippen molar-refractivity contribution >= 4 is 54.4 Å². The SMILES string of the molecule is c1ccc2c(c1)ccc1c2c2ccc3ccccc3c2n1-c1ccc2nccnc2c1. The normalized spacial score (nSPS) is 11.9. The van der Waals surface area contributed by atoms with Crippen LogP contribution in [0.4, 0.5) is 0 Å². The second-order valence-electron chi connectivity index (χ2n) is 7.93. The fourth-order valence-electron chi connectivity index (χ4n) is 4.91. The van der Waals surface area contributed by atoms with Crippen molar-refractivity contribution in [2.24, 2.45) is 0 Å². The van der Waals surface area contributed by atoms with E-state index < -0.39 is 0 Å². The predicted octanol–water partition coefficient (Wildman–Crippen LogP) is 7.03. The van der Waals surface area contributed by atoms with Gasteiger partial charge in [-0.2, -0.15) is 0 Å². The van der Waals surface area contributed by atoms with Crippen molar-refractivity contribution in [1.82, 2.24) is 14.5 Å². The van der Waals surface area contributed by atoms with E-state index in [2.05, 4.69) is 106 Å². The molecule has 0 radical (unpaired) electrons. The number of nitrogens with zero attached hydrogens (tertiary/aromatic N) is 3. The maximum atomic E-state index is 4.55. The van der Waals surface area contributed by atoms with Crippen LogP contribution in [0.3, 0.4) is 0 Å². The molecule has 5 aromatic carbocycles. The van der Waals surface area contributed by atoms with E-state index in [1.807, 2.05) is 0 Å². The molecule has 2 aromatic heterocycles. The minimum absolute atomic E-state index is 0.899. The van der Waals surface area contributed by atoms with Gasteiger partial charge < -0.3 is 4.57 Å². The maximum Gasteiger partial charge on any atom is 0.0907 e. The van der Waals surface area contributed by atoms with Crippen LogP contribution in [0.5, 0.6) is 0 Å². The highest BCUT2D eigenvalue weighted by atomic mass is 15.0. The molecular weight excluding hydrogens is 378 g/mol. The highest BCUT2D eigenvalue weighted by Gasteiger charge is 2.17. The van der Waals surface area contributed by atoms with E-state index >= 15 is 0 Å². The Balaban J connectivity index is 1.75. The summed E-state index contributed by atoms with van der Waals surface area (Å²) in [5, 5.41) is 7.58. The van der Waals surface area contributed by atoms with Gasteiger partial charge in [0.2, 0.25) is 0 Å². The first-order valence-corrected chi connectivity index (χ1v) is 10.4. The molecule has 2 heterocycles. The van der Waals surface area contributed by atoms with Gasteiger partial charge in [0.25, 0.3) is 0 Å². The van der Waals surface area contributed by atoms with Gasteiger partial charge in [0, 0.05) is 34.2 Å². The van der Waals surface area contributed by atoms with E-state index in [1.165, 1.54) is 43.4 Å². The molecule has 144 valence electrons. The van der Waals surface area contributed by atoms with Crippen molar-refractivity contribution in [3.63, 3.8) is 0 Å². The van der Waals surface area contributed by atoms with E-state index in [-0.39, 0.29) is 0 Å². The molecule has 0 aliphatic heterocycles. The smallest absolute Gasteiger partial charge is 0.0907 e. The van der Waals surface area contributed by atoms with Crippen LogP contribution in [0, 0.1) is 0 Å². The summed E-state index contributed by atoms with van der Waals surface area (Å²) in [6.07, 6.45) is 3.49. The Kier molecular flexibility index (Phi) is 3.27. The molecule has 3 nitrogen and oxygen atoms in total. The number of fused-ring (bicyclic) bond motifs is 8. The molecular formula is C28H17N3.